The van der Waals surface area contributed by atoms with Crippen molar-refractivity contribution in [1.29, 1.82) is 0 Å². The van der Waals surface area contributed by atoms with Crippen molar-refractivity contribution in [3.8, 4) is 0 Å². The first-order valence-corrected chi connectivity index (χ1v) is 9.29. The third-order valence-electron chi connectivity index (χ3n) is 5.27. The Bertz CT molecular complexity index is 1020. The van der Waals surface area contributed by atoms with Gasteiger partial charge in [0.1, 0.15) is 5.82 Å². The number of H-pyrrole nitrogens is 1. The number of nitrogens with zero attached hydrogens (tertiary/aromatic N) is 3. The van der Waals surface area contributed by atoms with Gasteiger partial charge in [-0.1, -0.05) is 37.3 Å². The van der Waals surface area contributed by atoms with E-state index in [1.807, 2.05) is 30.3 Å². The molecule has 144 valence electrons. The summed E-state index contributed by atoms with van der Waals surface area (Å²) in [7, 11) is 0. The van der Waals surface area contributed by atoms with Crippen LogP contribution in [-0.2, 0) is 9.59 Å². The zero-order chi connectivity index (χ0) is 19.7. The maximum atomic E-state index is 13.0. The summed E-state index contributed by atoms with van der Waals surface area (Å²) in [5, 5.41) is 9.97. The van der Waals surface area contributed by atoms with Crippen molar-refractivity contribution >= 4 is 34.2 Å². The number of nitrogens with one attached hydrogen (secondary N) is 2. The molecule has 1 aliphatic heterocycles. The number of hydrogen-bond acceptors (Lipinski definition) is 5. The molecule has 8 nitrogen and oxygen atoms in total. The van der Waals surface area contributed by atoms with E-state index in [0.29, 0.717) is 34.9 Å². The zero-order valence-corrected chi connectivity index (χ0v) is 15.6. The molecule has 0 aliphatic carbocycles. The van der Waals surface area contributed by atoms with E-state index in [9.17, 15) is 9.59 Å². The van der Waals surface area contributed by atoms with Gasteiger partial charge in [-0.05, 0) is 24.3 Å². The summed E-state index contributed by atoms with van der Waals surface area (Å²) >= 11 is 0. The Labute approximate surface area is 162 Å². The topological polar surface area (TPSA) is 117 Å². The van der Waals surface area contributed by atoms with Gasteiger partial charge in [0.25, 0.3) is 0 Å². The minimum atomic E-state index is -0.696. The number of aromatic nitrogens is 3. The molecule has 0 saturated carbocycles. The number of nitrogens with two attached hydrogens (primary N) is 1. The average Bonchev–Trinajstić information content (AvgIpc) is 3.21. The number of benzene rings is 1. The highest BCUT2D eigenvalue weighted by molar-refractivity contribution is 6.40. The number of aromatic amines is 1. The molecule has 2 amide bonds. The van der Waals surface area contributed by atoms with Crippen LogP contribution in [0, 0.1) is 5.92 Å². The summed E-state index contributed by atoms with van der Waals surface area (Å²) in [4.78, 5) is 31.4. The number of piperidine rings is 1. The van der Waals surface area contributed by atoms with E-state index in [-0.39, 0.29) is 6.04 Å². The summed E-state index contributed by atoms with van der Waals surface area (Å²) in [6.07, 6.45) is 4.66. The summed E-state index contributed by atoms with van der Waals surface area (Å²) < 4.78 is 0. The Kier molecular flexibility index (Phi) is 4.68. The molecule has 4 rings (SSSR count). The maximum Gasteiger partial charge on any atom is 0.314 e. The molecule has 0 spiro atoms. The number of carbonyl (C=O) groups excluding carboxylic acids is 2. The number of amides is 2. The Morgan fingerprint density at radius 1 is 1.25 bits per heavy atom. The molecule has 0 bridgehead atoms. The molecular formula is C20H22N6O2. The Hall–Kier alpha value is -3.42. The second-order valence-corrected chi connectivity index (χ2v) is 7.22. The van der Waals surface area contributed by atoms with E-state index in [2.05, 4.69) is 27.4 Å². The van der Waals surface area contributed by atoms with Gasteiger partial charge in [0.2, 0.25) is 0 Å². The lowest BCUT2D eigenvalue weighted by Gasteiger charge is -2.38. The van der Waals surface area contributed by atoms with Crippen molar-refractivity contribution in [3.63, 3.8) is 0 Å². The first-order valence-electron chi connectivity index (χ1n) is 9.29. The highest BCUT2D eigenvalue weighted by Crippen LogP contribution is 2.34. The number of fused-ring (bicyclic) bond motifs is 1. The third kappa shape index (κ3) is 3.28. The molecule has 28 heavy (non-hydrogen) atoms. The SMILES string of the molecule is C[C@@H]1CCN(C(=O)C(=O)Nc2cnc(N)c3cn[nH]c23)[C@H](c2ccccc2)C1. The van der Waals surface area contributed by atoms with Crippen LogP contribution in [0.3, 0.4) is 0 Å². The van der Waals surface area contributed by atoms with Crippen LogP contribution >= 0.6 is 0 Å². The number of hydrogen-bond donors (Lipinski definition) is 3. The minimum absolute atomic E-state index is 0.111. The Morgan fingerprint density at radius 3 is 2.82 bits per heavy atom. The second-order valence-electron chi connectivity index (χ2n) is 7.22. The molecule has 3 aromatic rings. The lowest BCUT2D eigenvalue weighted by atomic mass is 9.88. The van der Waals surface area contributed by atoms with Crippen molar-refractivity contribution < 1.29 is 9.59 Å². The van der Waals surface area contributed by atoms with Crippen molar-refractivity contribution in [2.24, 2.45) is 5.92 Å². The normalized spacial score (nSPS) is 19.5. The number of likely N-dealkylation sites (tertiary alicyclic amines) is 1. The monoisotopic (exact) mass is 378 g/mol. The third-order valence-corrected chi connectivity index (χ3v) is 5.27. The van der Waals surface area contributed by atoms with Crippen molar-refractivity contribution in [3.05, 3.63) is 48.3 Å². The molecule has 0 radical (unpaired) electrons. The molecule has 2 atom stereocenters. The van der Waals surface area contributed by atoms with Crippen LogP contribution in [0.4, 0.5) is 11.5 Å². The highest BCUT2D eigenvalue weighted by atomic mass is 16.2. The molecular weight excluding hydrogens is 356 g/mol. The summed E-state index contributed by atoms with van der Waals surface area (Å²) in [5.74, 6) is -0.450. The smallest absolute Gasteiger partial charge is 0.314 e. The van der Waals surface area contributed by atoms with Gasteiger partial charge in [0, 0.05) is 6.54 Å². The predicted octanol–water partition coefficient (Wildman–Crippen LogP) is 2.48. The van der Waals surface area contributed by atoms with E-state index in [0.717, 1.165) is 18.4 Å². The Morgan fingerprint density at radius 2 is 2.04 bits per heavy atom. The molecule has 1 aliphatic rings. The van der Waals surface area contributed by atoms with Crippen LogP contribution in [0.5, 0.6) is 0 Å². The second kappa shape index (κ2) is 7.30. The van der Waals surface area contributed by atoms with Crippen LogP contribution in [0.25, 0.3) is 10.9 Å². The van der Waals surface area contributed by atoms with Gasteiger partial charge in [0.05, 0.1) is 35.0 Å². The molecule has 0 unspecified atom stereocenters. The van der Waals surface area contributed by atoms with Gasteiger partial charge in [-0.15, -0.1) is 0 Å². The van der Waals surface area contributed by atoms with Crippen LogP contribution < -0.4 is 11.1 Å². The standard InChI is InChI=1S/C20H22N6O2/c1-12-7-8-26(16(9-12)13-5-3-2-4-6-13)20(28)19(27)24-15-11-22-18(21)14-10-23-25-17(14)15/h2-6,10-12,16H,7-9H2,1H3,(H2,21,22)(H,23,25)(H,24,27)/t12-,16+/m1/s1. The quantitative estimate of drug-likeness (QED) is 0.592. The molecule has 8 heteroatoms. The summed E-state index contributed by atoms with van der Waals surface area (Å²) in [6.45, 7) is 2.72. The van der Waals surface area contributed by atoms with Gasteiger partial charge >= 0.3 is 11.8 Å². The predicted molar refractivity (Wildman–Crippen MR) is 106 cm³/mol. The Balaban J connectivity index is 1.57. The van der Waals surface area contributed by atoms with Gasteiger partial charge < -0.3 is 16.0 Å². The number of anilines is 2. The van der Waals surface area contributed by atoms with E-state index >= 15 is 0 Å². The number of pyridine rings is 1. The van der Waals surface area contributed by atoms with Crippen LogP contribution in [0.15, 0.2) is 42.7 Å². The molecule has 1 fully saturated rings. The van der Waals surface area contributed by atoms with E-state index in [1.165, 1.54) is 12.4 Å². The molecule has 1 saturated heterocycles. The lowest BCUT2D eigenvalue weighted by molar-refractivity contribution is -0.146. The van der Waals surface area contributed by atoms with Gasteiger partial charge in [0.15, 0.2) is 0 Å². The number of carbonyl (C=O) groups is 2. The van der Waals surface area contributed by atoms with E-state index < -0.39 is 11.8 Å². The highest BCUT2D eigenvalue weighted by Gasteiger charge is 2.34. The zero-order valence-electron chi connectivity index (χ0n) is 15.6. The molecule has 2 aromatic heterocycles. The number of rotatable bonds is 2. The number of nitrogen functional groups attached to an aromatic ring is 1. The van der Waals surface area contributed by atoms with Crippen LogP contribution in [0.2, 0.25) is 0 Å². The lowest BCUT2D eigenvalue weighted by Crippen LogP contribution is -2.45. The maximum absolute atomic E-state index is 13.0. The first-order chi connectivity index (χ1) is 13.5. The van der Waals surface area contributed by atoms with E-state index in [1.54, 1.807) is 4.90 Å². The van der Waals surface area contributed by atoms with Gasteiger partial charge in [-0.25, -0.2) is 4.98 Å². The van der Waals surface area contributed by atoms with Crippen molar-refractivity contribution in [2.45, 2.75) is 25.8 Å². The molecule has 4 N–H and O–H groups in total. The largest absolute Gasteiger partial charge is 0.383 e. The van der Waals surface area contributed by atoms with Crippen LogP contribution in [0.1, 0.15) is 31.4 Å². The fourth-order valence-electron chi connectivity index (χ4n) is 3.73. The summed E-state index contributed by atoms with van der Waals surface area (Å²) in [6, 6.07) is 9.73. The van der Waals surface area contributed by atoms with Crippen molar-refractivity contribution in [1.82, 2.24) is 20.1 Å². The molecule has 3 heterocycles. The summed E-state index contributed by atoms with van der Waals surface area (Å²) in [5.41, 5.74) is 7.77. The fraction of sp³-hybridized carbons (Fsp3) is 0.300. The van der Waals surface area contributed by atoms with E-state index in [4.69, 9.17) is 5.73 Å². The fourth-order valence-corrected chi connectivity index (χ4v) is 3.73. The van der Waals surface area contributed by atoms with Crippen LogP contribution in [-0.4, -0.2) is 38.4 Å². The average molecular weight is 378 g/mol. The van der Waals surface area contributed by atoms with Gasteiger partial charge in [-0.2, -0.15) is 5.10 Å². The van der Waals surface area contributed by atoms with Gasteiger partial charge in [-0.3, -0.25) is 14.7 Å². The van der Waals surface area contributed by atoms with Crippen molar-refractivity contribution in [2.75, 3.05) is 17.6 Å². The molecule has 1 aromatic carbocycles. The first kappa shape index (κ1) is 18.0. The minimum Gasteiger partial charge on any atom is -0.383 e.